The Bertz CT molecular complexity index is 770. The molecule has 2 rings (SSSR count). The van der Waals surface area contributed by atoms with Gasteiger partial charge in [-0.1, -0.05) is 0 Å². The van der Waals surface area contributed by atoms with Crippen LogP contribution in [-0.2, 0) is 16.0 Å². The van der Waals surface area contributed by atoms with E-state index in [9.17, 15) is 32.3 Å². The highest BCUT2D eigenvalue weighted by Gasteiger charge is 2.36. The molecular weight excluding hydrogens is 394 g/mol. The zero-order valence-corrected chi connectivity index (χ0v) is 16.2. The van der Waals surface area contributed by atoms with Crippen LogP contribution in [0.2, 0.25) is 0 Å². The van der Waals surface area contributed by atoms with Gasteiger partial charge in [-0.05, 0) is 38.3 Å². The number of carbonyl (C=O) groups excluding carboxylic acids is 2. The van der Waals surface area contributed by atoms with Gasteiger partial charge in [-0.2, -0.15) is 0 Å². The van der Waals surface area contributed by atoms with Crippen molar-refractivity contribution in [1.29, 1.82) is 0 Å². The highest BCUT2D eigenvalue weighted by Crippen LogP contribution is 2.21. The van der Waals surface area contributed by atoms with Crippen molar-refractivity contribution in [3.8, 4) is 0 Å². The van der Waals surface area contributed by atoms with Crippen LogP contribution in [0.25, 0.3) is 0 Å². The summed E-state index contributed by atoms with van der Waals surface area (Å²) < 4.78 is 53.7. The molecule has 0 radical (unpaired) electrons. The van der Waals surface area contributed by atoms with Crippen LogP contribution in [-0.4, -0.2) is 58.8 Å². The van der Waals surface area contributed by atoms with Gasteiger partial charge < -0.3 is 21.1 Å². The molecule has 162 valence electrons. The molecule has 0 saturated carbocycles. The number of hydrogen-bond donors (Lipinski definition) is 3. The van der Waals surface area contributed by atoms with E-state index in [1.165, 1.54) is 4.90 Å². The van der Waals surface area contributed by atoms with E-state index in [0.29, 0.717) is 12.1 Å². The van der Waals surface area contributed by atoms with Crippen LogP contribution >= 0.6 is 0 Å². The van der Waals surface area contributed by atoms with Crippen molar-refractivity contribution < 1.29 is 32.3 Å². The van der Waals surface area contributed by atoms with Crippen LogP contribution in [0.15, 0.2) is 12.1 Å². The van der Waals surface area contributed by atoms with Crippen molar-refractivity contribution in [3.05, 3.63) is 35.1 Å². The quantitative estimate of drug-likeness (QED) is 0.457. The van der Waals surface area contributed by atoms with E-state index in [1.54, 1.807) is 0 Å². The number of benzene rings is 1. The average Bonchev–Trinajstić information content (AvgIpc) is 2.97. The van der Waals surface area contributed by atoms with E-state index >= 15 is 0 Å². The molecule has 6 nitrogen and oxygen atoms in total. The molecule has 0 aliphatic carbocycles. The molecular formula is C19H25F4N3O3. The third-order valence-electron chi connectivity index (χ3n) is 4.76. The van der Waals surface area contributed by atoms with Gasteiger partial charge in [0.2, 0.25) is 5.91 Å². The molecule has 1 aliphatic heterocycles. The monoisotopic (exact) mass is 419 g/mol. The van der Waals surface area contributed by atoms with Gasteiger partial charge >= 0.3 is 0 Å². The lowest BCUT2D eigenvalue weighted by atomic mass is 10.0. The van der Waals surface area contributed by atoms with Crippen LogP contribution in [0.1, 0.15) is 32.3 Å². The maximum atomic E-state index is 13.8. The number of β-amino-alcohol motifs (C(OH)–C–C–N with tert-alkyl or cyclic N) is 1. The number of rotatable bonds is 7. The van der Waals surface area contributed by atoms with Crippen LogP contribution < -0.4 is 11.1 Å². The fourth-order valence-corrected chi connectivity index (χ4v) is 3.23. The number of hydrogen-bond acceptors (Lipinski definition) is 4. The van der Waals surface area contributed by atoms with E-state index < -0.39 is 53.1 Å². The van der Waals surface area contributed by atoms with E-state index in [2.05, 4.69) is 5.32 Å². The van der Waals surface area contributed by atoms with E-state index in [4.69, 9.17) is 5.73 Å². The lowest BCUT2D eigenvalue weighted by Gasteiger charge is -2.27. The van der Waals surface area contributed by atoms with Crippen molar-refractivity contribution in [3.63, 3.8) is 0 Å². The summed E-state index contributed by atoms with van der Waals surface area (Å²) in [4.78, 5) is 25.6. The fourth-order valence-electron chi connectivity index (χ4n) is 3.23. The number of halogens is 4. The van der Waals surface area contributed by atoms with Crippen LogP contribution in [0.3, 0.4) is 0 Å². The molecule has 4 N–H and O–H groups in total. The molecule has 3 atom stereocenters. The van der Waals surface area contributed by atoms with E-state index in [0.717, 1.165) is 13.8 Å². The van der Waals surface area contributed by atoms with Crippen LogP contribution in [0.5, 0.6) is 0 Å². The van der Waals surface area contributed by atoms with Crippen molar-refractivity contribution >= 4 is 11.8 Å². The lowest BCUT2D eigenvalue weighted by Crippen LogP contribution is -2.48. The molecule has 3 unspecified atom stereocenters. The predicted octanol–water partition coefficient (Wildman–Crippen LogP) is 1.19. The number of likely N-dealkylation sites (tertiary alicyclic amines) is 1. The fraction of sp³-hybridized carbons (Fsp3) is 0.579. The molecule has 1 aromatic carbocycles. The summed E-state index contributed by atoms with van der Waals surface area (Å²) in [7, 11) is 0. The van der Waals surface area contributed by atoms with Gasteiger partial charge in [-0.3, -0.25) is 9.59 Å². The van der Waals surface area contributed by atoms with E-state index in [-0.39, 0.29) is 37.9 Å². The minimum atomic E-state index is -2.08. The number of nitrogens with two attached hydrogens (primary N) is 1. The molecule has 0 bridgehead atoms. The standard InChI is InChI=1S/C19H25F4N3O3/c1-19(2,23)18(29)25-8-12-6-13(27)9-26(12)17(28)5-11(24)3-10-4-15(21)16(22)7-14(10)20/h4,7,11-13,27H,3,5-6,8-9,24H2,1-2H3,(H,25,29). The Morgan fingerprint density at radius 2 is 1.90 bits per heavy atom. The Morgan fingerprint density at radius 1 is 1.28 bits per heavy atom. The Balaban J connectivity index is 1.97. The molecule has 1 fully saturated rings. The number of carbonyl (C=O) groups is 2. The summed E-state index contributed by atoms with van der Waals surface area (Å²) in [6, 6.07) is -0.303. The molecule has 0 aromatic heterocycles. The Hall–Kier alpha value is -2.20. The van der Waals surface area contributed by atoms with Gasteiger partial charge in [0, 0.05) is 31.6 Å². The Labute approximate surface area is 166 Å². The van der Waals surface area contributed by atoms with E-state index in [1.807, 2.05) is 0 Å². The first-order valence-corrected chi connectivity index (χ1v) is 9.22. The zero-order chi connectivity index (χ0) is 21.9. The second-order valence-corrected chi connectivity index (χ2v) is 7.80. The number of amides is 2. The van der Waals surface area contributed by atoms with Crippen molar-refractivity contribution in [2.24, 2.45) is 5.73 Å². The van der Waals surface area contributed by atoms with Gasteiger partial charge in [0.25, 0.3) is 5.91 Å². The lowest BCUT2D eigenvalue weighted by molar-refractivity contribution is -0.134. The van der Waals surface area contributed by atoms with Gasteiger partial charge in [0.15, 0.2) is 17.3 Å². The number of nitrogens with one attached hydrogen (secondary N) is 1. The van der Waals surface area contributed by atoms with Gasteiger partial charge in [-0.15, -0.1) is 0 Å². The minimum Gasteiger partial charge on any atom is -0.391 e. The van der Waals surface area contributed by atoms with Crippen LogP contribution in [0, 0.1) is 17.5 Å². The summed E-state index contributed by atoms with van der Waals surface area (Å²) in [5.41, 5.74) is 3.64. The first-order valence-electron chi connectivity index (χ1n) is 9.22. The summed E-state index contributed by atoms with van der Waals surface area (Å²) >= 11 is 0. The highest BCUT2D eigenvalue weighted by molar-refractivity contribution is 5.84. The molecule has 2 amide bonds. The second-order valence-electron chi connectivity index (χ2n) is 7.80. The average molecular weight is 419 g/mol. The molecule has 29 heavy (non-hydrogen) atoms. The first-order chi connectivity index (χ1) is 13.4. The smallest absolute Gasteiger partial charge is 0.257 e. The number of aliphatic hydroxyl groups is 1. The largest absolute Gasteiger partial charge is 0.391 e. The normalized spacial score (nSPS) is 20.6. The van der Waals surface area contributed by atoms with Gasteiger partial charge in [0.1, 0.15) is 5.82 Å². The topological polar surface area (TPSA) is 95.7 Å². The maximum absolute atomic E-state index is 13.8. The van der Waals surface area contributed by atoms with Gasteiger partial charge in [0.05, 0.1) is 12.1 Å². The third kappa shape index (κ3) is 6.14. The number of nitrogens with zero attached hydrogens (tertiary/aromatic N) is 1. The summed E-state index contributed by atoms with van der Waals surface area (Å²) in [5.74, 6) is -4.78. The van der Waals surface area contributed by atoms with Crippen molar-refractivity contribution in [2.45, 2.75) is 57.0 Å². The van der Waals surface area contributed by atoms with Gasteiger partial charge in [-0.25, -0.2) is 17.6 Å². The molecule has 1 heterocycles. The Morgan fingerprint density at radius 3 is 2.52 bits per heavy atom. The summed E-state index contributed by atoms with van der Waals surface area (Å²) in [6.07, 6.45) is -1.03. The maximum Gasteiger partial charge on any atom is 0.257 e. The molecule has 1 aliphatic rings. The van der Waals surface area contributed by atoms with Crippen molar-refractivity contribution in [1.82, 2.24) is 10.2 Å². The molecule has 1 saturated heterocycles. The molecule has 10 heteroatoms. The predicted molar refractivity (Wildman–Crippen MR) is 96.9 cm³/mol. The second kappa shape index (κ2) is 9.08. The SMILES string of the molecule is CC(C)(F)C(=O)NCC1CC(O)CN1C(=O)CC(N)Cc1cc(F)c(F)cc1F. The summed E-state index contributed by atoms with van der Waals surface area (Å²) in [6.45, 7) is 2.18. The van der Waals surface area contributed by atoms with Crippen molar-refractivity contribution in [2.75, 3.05) is 13.1 Å². The highest BCUT2D eigenvalue weighted by atomic mass is 19.2. The molecule has 0 spiro atoms. The molecule has 1 aromatic rings. The number of aliphatic hydroxyl groups excluding tert-OH is 1. The third-order valence-corrected chi connectivity index (χ3v) is 4.76. The Kier molecular flexibility index (Phi) is 7.23. The zero-order valence-electron chi connectivity index (χ0n) is 16.2. The number of alkyl halides is 1. The minimum absolute atomic E-state index is 0.0185. The summed E-state index contributed by atoms with van der Waals surface area (Å²) in [5, 5.41) is 12.3. The first kappa shape index (κ1) is 23.1. The van der Waals surface area contributed by atoms with Crippen LogP contribution in [0.4, 0.5) is 17.6 Å².